The van der Waals surface area contributed by atoms with E-state index >= 15 is 0 Å². The third-order valence-corrected chi connectivity index (χ3v) is 6.47. The van der Waals surface area contributed by atoms with Crippen LogP contribution in [-0.2, 0) is 16.4 Å². The molecule has 4 rings (SSSR count). The van der Waals surface area contributed by atoms with Gasteiger partial charge in [-0.3, -0.25) is 9.52 Å². The molecule has 1 amide bonds. The molecule has 0 aromatic heterocycles. The lowest BCUT2D eigenvalue weighted by Crippen LogP contribution is -2.35. The van der Waals surface area contributed by atoms with Crippen molar-refractivity contribution in [2.75, 3.05) is 16.2 Å². The van der Waals surface area contributed by atoms with Crippen LogP contribution in [0, 0.1) is 12.7 Å². The van der Waals surface area contributed by atoms with Gasteiger partial charge in [0, 0.05) is 17.8 Å². The van der Waals surface area contributed by atoms with Crippen LogP contribution in [0.4, 0.5) is 15.8 Å². The summed E-state index contributed by atoms with van der Waals surface area (Å²) in [5.41, 5.74) is 3.22. The van der Waals surface area contributed by atoms with Crippen LogP contribution in [0.1, 0.15) is 27.9 Å². The molecule has 3 aromatic rings. The number of aryl methyl sites for hydroxylation is 2. The fourth-order valence-corrected chi connectivity index (χ4v) is 4.75. The highest BCUT2D eigenvalue weighted by molar-refractivity contribution is 7.92. The van der Waals surface area contributed by atoms with Gasteiger partial charge in [0.1, 0.15) is 5.82 Å². The maximum absolute atomic E-state index is 13.9. The monoisotopic (exact) mass is 424 g/mol. The van der Waals surface area contributed by atoms with E-state index in [1.165, 1.54) is 42.5 Å². The molecule has 0 spiro atoms. The number of benzene rings is 3. The number of halogens is 1. The molecule has 1 aliphatic heterocycles. The summed E-state index contributed by atoms with van der Waals surface area (Å²) in [7, 11) is -4.05. The van der Waals surface area contributed by atoms with Crippen LogP contribution in [0.15, 0.2) is 71.6 Å². The Morgan fingerprint density at radius 3 is 2.63 bits per heavy atom. The number of sulfonamides is 1. The van der Waals surface area contributed by atoms with Crippen LogP contribution in [0.3, 0.4) is 0 Å². The number of nitrogens with zero attached hydrogens (tertiary/aromatic N) is 1. The molecule has 0 fully saturated rings. The first-order valence-corrected chi connectivity index (χ1v) is 11.1. The first-order valence-electron chi connectivity index (χ1n) is 9.64. The quantitative estimate of drug-likeness (QED) is 0.669. The number of anilines is 2. The van der Waals surface area contributed by atoms with Gasteiger partial charge >= 0.3 is 0 Å². The normalized spacial score (nSPS) is 13.6. The Morgan fingerprint density at radius 2 is 1.83 bits per heavy atom. The number of carbonyl (C=O) groups is 1. The van der Waals surface area contributed by atoms with E-state index < -0.39 is 15.8 Å². The summed E-state index contributed by atoms with van der Waals surface area (Å²) in [5.74, 6) is -0.934. The summed E-state index contributed by atoms with van der Waals surface area (Å²) < 4.78 is 41.6. The van der Waals surface area contributed by atoms with Crippen molar-refractivity contribution in [3.8, 4) is 0 Å². The molecule has 7 heteroatoms. The van der Waals surface area contributed by atoms with Crippen LogP contribution < -0.4 is 9.62 Å². The predicted molar refractivity (Wildman–Crippen MR) is 115 cm³/mol. The molecule has 30 heavy (non-hydrogen) atoms. The van der Waals surface area contributed by atoms with Gasteiger partial charge in [0.05, 0.1) is 10.6 Å². The molecule has 0 radical (unpaired) electrons. The second-order valence-electron chi connectivity index (χ2n) is 7.31. The van der Waals surface area contributed by atoms with E-state index in [1.807, 2.05) is 19.1 Å². The van der Waals surface area contributed by atoms with Crippen LogP contribution in [-0.4, -0.2) is 20.9 Å². The highest BCUT2D eigenvalue weighted by atomic mass is 32.2. The van der Waals surface area contributed by atoms with E-state index in [0.29, 0.717) is 6.54 Å². The van der Waals surface area contributed by atoms with E-state index in [1.54, 1.807) is 11.0 Å². The number of hydrogen-bond acceptors (Lipinski definition) is 3. The fraction of sp³-hybridized carbons (Fsp3) is 0.174. The first kappa shape index (κ1) is 20.1. The number of amides is 1. The summed E-state index contributed by atoms with van der Waals surface area (Å²) in [6, 6.07) is 17.3. The molecule has 0 bridgehead atoms. The lowest BCUT2D eigenvalue weighted by Gasteiger charge is -2.30. The molecule has 0 saturated carbocycles. The summed E-state index contributed by atoms with van der Waals surface area (Å²) in [5, 5.41) is 0. The zero-order valence-electron chi connectivity index (χ0n) is 16.4. The number of fused-ring (bicyclic) bond motifs is 1. The fourth-order valence-electron chi connectivity index (χ4n) is 3.64. The van der Waals surface area contributed by atoms with E-state index in [-0.39, 0.29) is 22.1 Å². The van der Waals surface area contributed by atoms with Crippen molar-refractivity contribution in [3.05, 3.63) is 89.2 Å². The SMILES string of the molecule is Cc1ccc2c(c1)CCCN2C(=O)c1cccc(S(=O)(=O)Nc2ccccc2F)c1. The lowest BCUT2D eigenvalue weighted by atomic mass is 9.99. The minimum atomic E-state index is -4.05. The third kappa shape index (κ3) is 3.93. The van der Waals surface area contributed by atoms with Gasteiger partial charge < -0.3 is 4.90 Å². The van der Waals surface area contributed by atoms with Crippen LogP contribution in [0.25, 0.3) is 0 Å². The Kier molecular flexibility index (Phi) is 5.30. The van der Waals surface area contributed by atoms with Crippen molar-refractivity contribution >= 4 is 27.3 Å². The highest BCUT2D eigenvalue weighted by Gasteiger charge is 2.25. The molecule has 1 heterocycles. The van der Waals surface area contributed by atoms with Gasteiger partial charge in [0.2, 0.25) is 0 Å². The zero-order chi connectivity index (χ0) is 21.3. The van der Waals surface area contributed by atoms with Gasteiger partial charge in [-0.05, 0) is 61.7 Å². The van der Waals surface area contributed by atoms with Gasteiger partial charge in [0.15, 0.2) is 0 Å². The molecule has 0 saturated heterocycles. The van der Waals surface area contributed by atoms with Crippen molar-refractivity contribution in [2.45, 2.75) is 24.7 Å². The summed E-state index contributed by atoms with van der Waals surface area (Å²) in [4.78, 5) is 14.8. The second kappa shape index (κ2) is 7.91. The van der Waals surface area contributed by atoms with Crippen LogP contribution in [0.5, 0.6) is 0 Å². The number of nitrogens with one attached hydrogen (secondary N) is 1. The van der Waals surface area contributed by atoms with Gasteiger partial charge in [-0.1, -0.05) is 35.9 Å². The van der Waals surface area contributed by atoms with E-state index in [2.05, 4.69) is 10.8 Å². The van der Waals surface area contributed by atoms with E-state index in [4.69, 9.17) is 0 Å². The summed E-state index contributed by atoms with van der Waals surface area (Å²) in [6.45, 7) is 2.58. The minimum absolute atomic E-state index is 0.0993. The largest absolute Gasteiger partial charge is 0.308 e. The summed E-state index contributed by atoms with van der Waals surface area (Å²) in [6.07, 6.45) is 1.75. The molecule has 1 N–H and O–H groups in total. The van der Waals surface area contributed by atoms with E-state index in [0.717, 1.165) is 29.7 Å². The maximum atomic E-state index is 13.9. The Hall–Kier alpha value is -3.19. The van der Waals surface area contributed by atoms with Crippen molar-refractivity contribution in [1.29, 1.82) is 0 Å². The molecule has 154 valence electrons. The first-order chi connectivity index (χ1) is 14.3. The standard InChI is InChI=1S/C23H21FN2O3S/c1-16-11-12-22-17(14-16)7-5-13-26(22)23(27)18-6-4-8-19(15-18)30(28,29)25-21-10-3-2-9-20(21)24/h2-4,6,8-12,14-15,25H,5,7,13H2,1H3. The highest BCUT2D eigenvalue weighted by Crippen LogP contribution is 2.30. The van der Waals surface area contributed by atoms with Gasteiger partial charge in [0.25, 0.3) is 15.9 Å². The molecule has 3 aromatic carbocycles. The van der Waals surface area contributed by atoms with Crippen molar-refractivity contribution < 1.29 is 17.6 Å². The smallest absolute Gasteiger partial charge is 0.262 e. The Bertz CT molecular complexity index is 1220. The van der Waals surface area contributed by atoms with Crippen LogP contribution in [0.2, 0.25) is 0 Å². The Morgan fingerprint density at radius 1 is 1.03 bits per heavy atom. The zero-order valence-corrected chi connectivity index (χ0v) is 17.2. The summed E-state index contributed by atoms with van der Waals surface area (Å²) >= 11 is 0. The average molecular weight is 424 g/mol. The molecular weight excluding hydrogens is 403 g/mol. The van der Waals surface area contributed by atoms with Gasteiger partial charge in [-0.25, -0.2) is 12.8 Å². The van der Waals surface area contributed by atoms with Gasteiger partial charge in [-0.15, -0.1) is 0 Å². The number of para-hydroxylation sites is 1. The second-order valence-corrected chi connectivity index (χ2v) is 8.99. The molecule has 1 aliphatic rings. The topological polar surface area (TPSA) is 66.5 Å². The molecule has 0 unspecified atom stereocenters. The van der Waals surface area contributed by atoms with Gasteiger partial charge in [-0.2, -0.15) is 0 Å². The van der Waals surface area contributed by atoms with Crippen molar-refractivity contribution in [3.63, 3.8) is 0 Å². The molecule has 0 atom stereocenters. The molecule has 0 aliphatic carbocycles. The lowest BCUT2D eigenvalue weighted by molar-refractivity contribution is 0.0985. The molecule has 5 nitrogen and oxygen atoms in total. The molecular formula is C23H21FN2O3S. The van der Waals surface area contributed by atoms with Crippen LogP contribution >= 0.6 is 0 Å². The van der Waals surface area contributed by atoms with E-state index in [9.17, 15) is 17.6 Å². The maximum Gasteiger partial charge on any atom is 0.262 e. The average Bonchev–Trinajstić information content (AvgIpc) is 2.74. The Labute approximate surface area is 175 Å². The number of carbonyl (C=O) groups excluding carboxylic acids is 1. The third-order valence-electron chi connectivity index (χ3n) is 5.11. The minimum Gasteiger partial charge on any atom is -0.308 e. The number of hydrogen-bond donors (Lipinski definition) is 1. The Balaban J connectivity index is 1.64. The van der Waals surface area contributed by atoms with Crippen molar-refractivity contribution in [2.24, 2.45) is 0 Å². The number of rotatable bonds is 4. The predicted octanol–water partition coefficient (Wildman–Crippen LogP) is 4.53. The van der Waals surface area contributed by atoms with Crippen molar-refractivity contribution in [1.82, 2.24) is 0 Å².